The summed E-state index contributed by atoms with van der Waals surface area (Å²) in [4.78, 5) is 3.92. The fourth-order valence-corrected chi connectivity index (χ4v) is 3.65. The van der Waals surface area contributed by atoms with E-state index >= 15 is 0 Å². The van der Waals surface area contributed by atoms with E-state index in [0.717, 1.165) is 17.5 Å². The van der Waals surface area contributed by atoms with Gasteiger partial charge in [0.1, 0.15) is 5.69 Å². The number of aryl methyl sites for hydroxylation is 1. The number of benzene rings is 3. The number of rotatable bonds is 6. The quantitative estimate of drug-likeness (QED) is 0.292. The molecule has 0 aliphatic rings. The number of isothiocyanates is 1. The monoisotopic (exact) mass is 411 g/mol. The maximum atomic E-state index is 6.28. The lowest BCUT2D eigenvalue weighted by Crippen LogP contribution is -1.85. The van der Waals surface area contributed by atoms with E-state index in [1.807, 2.05) is 12.1 Å². The fourth-order valence-electron chi connectivity index (χ4n) is 2.98. The Kier molecular flexibility index (Phi) is 6.82. The third-order valence-corrected chi connectivity index (χ3v) is 5.17. The van der Waals surface area contributed by atoms with Gasteiger partial charge in [0.2, 0.25) is 0 Å². The molecular formula is C23H19Cl2NS. The topological polar surface area (TPSA) is 12.4 Å². The molecule has 0 heterocycles. The standard InChI is InChI=1S/C23H19Cl2NS/c1-2-3-4-16-5-7-17(8-6-16)18-9-11-19(12-10-18)20-13-21(24)23(26-15-27)22(25)14-20/h5-14H,2-4H2,1H3. The van der Waals surface area contributed by atoms with Crippen molar-refractivity contribution >= 4 is 46.3 Å². The first-order valence-electron chi connectivity index (χ1n) is 8.89. The molecule has 0 N–H and O–H groups in total. The van der Waals surface area contributed by atoms with Crippen molar-refractivity contribution in [3.63, 3.8) is 0 Å². The Morgan fingerprint density at radius 2 is 1.30 bits per heavy atom. The predicted octanol–water partition coefficient (Wildman–Crippen LogP) is 8.40. The van der Waals surface area contributed by atoms with Crippen LogP contribution < -0.4 is 0 Å². The van der Waals surface area contributed by atoms with Gasteiger partial charge in [0.15, 0.2) is 0 Å². The highest BCUT2D eigenvalue weighted by molar-refractivity contribution is 7.78. The van der Waals surface area contributed by atoms with Crippen molar-refractivity contribution in [2.24, 2.45) is 4.99 Å². The number of halogens is 2. The van der Waals surface area contributed by atoms with Crippen molar-refractivity contribution < 1.29 is 0 Å². The molecule has 3 rings (SSSR count). The van der Waals surface area contributed by atoms with Crippen molar-refractivity contribution in [3.05, 3.63) is 76.3 Å². The van der Waals surface area contributed by atoms with Gasteiger partial charge in [-0.3, -0.25) is 0 Å². The molecule has 0 fully saturated rings. The van der Waals surface area contributed by atoms with Gasteiger partial charge in [-0.05, 0) is 65.0 Å². The second-order valence-electron chi connectivity index (χ2n) is 6.37. The Morgan fingerprint density at radius 1 is 0.815 bits per heavy atom. The third-order valence-electron chi connectivity index (χ3n) is 4.50. The lowest BCUT2D eigenvalue weighted by atomic mass is 9.98. The average molecular weight is 412 g/mol. The minimum Gasteiger partial charge on any atom is -0.192 e. The van der Waals surface area contributed by atoms with Crippen LogP contribution in [0.5, 0.6) is 0 Å². The Hall–Kier alpha value is -1.96. The second kappa shape index (κ2) is 9.30. The van der Waals surface area contributed by atoms with Crippen LogP contribution >= 0.6 is 35.4 Å². The zero-order valence-corrected chi connectivity index (χ0v) is 17.3. The van der Waals surface area contributed by atoms with Gasteiger partial charge in [0.25, 0.3) is 0 Å². The van der Waals surface area contributed by atoms with Crippen molar-refractivity contribution in [2.75, 3.05) is 0 Å². The summed E-state index contributed by atoms with van der Waals surface area (Å²) >= 11 is 17.2. The lowest BCUT2D eigenvalue weighted by molar-refractivity contribution is 0.795. The number of hydrogen-bond acceptors (Lipinski definition) is 2. The smallest absolute Gasteiger partial charge is 0.111 e. The largest absolute Gasteiger partial charge is 0.192 e. The molecule has 0 unspecified atom stereocenters. The van der Waals surface area contributed by atoms with Crippen LogP contribution in [0, 0.1) is 0 Å². The summed E-state index contributed by atoms with van der Waals surface area (Å²) in [5, 5.41) is 3.22. The van der Waals surface area contributed by atoms with Crippen LogP contribution in [0.15, 0.2) is 65.7 Å². The third kappa shape index (κ3) is 4.86. The molecule has 3 aromatic rings. The van der Waals surface area contributed by atoms with Crippen LogP contribution in [0.4, 0.5) is 5.69 Å². The summed E-state index contributed by atoms with van der Waals surface area (Å²) in [6.45, 7) is 2.22. The number of thiocarbonyl (C=S) groups is 1. The molecule has 0 saturated heterocycles. The first kappa shape index (κ1) is 19.8. The lowest BCUT2D eigenvalue weighted by Gasteiger charge is -2.08. The van der Waals surface area contributed by atoms with Gasteiger partial charge < -0.3 is 0 Å². The number of unbranched alkanes of at least 4 members (excludes halogenated alkanes) is 1. The molecule has 0 atom stereocenters. The van der Waals surface area contributed by atoms with Gasteiger partial charge in [-0.2, -0.15) is 4.99 Å². The zero-order valence-electron chi connectivity index (χ0n) is 15.0. The van der Waals surface area contributed by atoms with Crippen LogP contribution in [-0.2, 0) is 6.42 Å². The van der Waals surface area contributed by atoms with Gasteiger partial charge in [-0.1, -0.05) is 85.1 Å². The molecule has 4 heteroatoms. The highest BCUT2D eigenvalue weighted by Gasteiger charge is 2.09. The second-order valence-corrected chi connectivity index (χ2v) is 7.37. The van der Waals surface area contributed by atoms with E-state index < -0.39 is 0 Å². The zero-order chi connectivity index (χ0) is 19.2. The van der Waals surface area contributed by atoms with Gasteiger partial charge >= 0.3 is 0 Å². The van der Waals surface area contributed by atoms with E-state index in [-0.39, 0.29) is 0 Å². The molecule has 3 aromatic carbocycles. The number of hydrogen-bond donors (Lipinski definition) is 0. The molecule has 0 aromatic heterocycles. The van der Waals surface area contributed by atoms with E-state index in [1.54, 1.807) is 0 Å². The van der Waals surface area contributed by atoms with Crippen LogP contribution in [0.25, 0.3) is 22.3 Å². The molecule has 0 aliphatic heterocycles. The number of nitrogens with zero attached hydrogens (tertiary/aromatic N) is 1. The molecule has 136 valence electrons. The molecule has 1 nitrogen and oxygen atoms in total. The number of aliphatic imine (C=N–C) groups is 1. The first-order valence-corrected chi connectivity index (χ1v) is 10.1. The van der Waals surface area contributed by atoms with Crippen LogP contribution in [0.2, 0.25) is 10.0 Å². The SMILES string of the molecule is CCCCc1ccc(-c2ccc(-c3cc(Cl)c(N=C=S)c(Cl)c3)cc2)cc1. The summed E-state index contributed by atoms with van der Waals surface area (Å²) in [7, 11) is 0. The highest BCUT2D eigenvalue weighted by Crippen LogP contribution is 2.37. The predicted molar refractivity (Wildman–Crippen MR) is 121 cm³/mol. The van der Waals surface area contributed by atoms with Crippen LogP contribution in [-0.4, -0.2) is 5.16 Å². The van der Waals surface area contributed by atoms with Crippen LogP contribution in [0.3, 0.4) is 0 Å². The Bertz CT molecular complexity index is 949. The minimum absolute atomic E-state index is 0.455. The summed E-state index contributed by atoms with van der Waals surface area (Å²) in [6.07, 6.45) is 3.59. The van der Waals surface area contributed by atoms with Crippen molar-refractivity contribution in [1.82, 2.24) is 0 Å². The Balaban J connectivity index is 1.84. The van der Waals surface area contributed by atoms with Crippen molar-refractivity contribution in [3.8, 4) is 22.3 Å². The van der Waals surface area contributed by atoms with Crippen LogP contribution in [0.1, 0.15) is 25.3 Å². The van der Waals surface area contributed by atoms with E-state index in [2.05, 4.69) is 77.8 Å². The molecule has 27 heavy (non-hydrogen) atoms. The average Bonchev–Trinajstić information content (AvgIpc) is 2.69. The Labute approximate surface area is 175 Å². The highest BCUT2D eigenvalue weighted by atomic mass is 35.5. The van der Waals surface area contributed by atoms with Crippen molar-refractivity contribution in [2.45, 2.75) is 26.2 Å². The molecule has 0 bridgehead atoms. The van der Waals surface area contributed by atoms with Gasteiger partial charge in [0, 0.05) is 0 Å². The molecule has 0 saturated carbocycles. The normalized spacial score (nSPS) is 10.5. The first-order chi connectivity index (χ1) is 13.1. The minimum atomic E-state index is 0.455. The summed E-state index contributed by atoms with van der Waals surface area (Å²) in [6, 6.07) is 20.9. The molecular weight excluding hydrogens is 393 g/mol. The van der Waals surface area contributed by atoms with Gasteiger partial charge in [0.05, 0.1) is 15.2 Å². The Morgan fingerprint density at radius 3 is 1.78 bits per heavy atom. The van der Waals surface area contributed by atoms with E-state index in [9.17, 15) is 0 Å². The maximum absolute atomic E-state index is 6.28. The summed E-state index contributed by atoms with van der Waals surface area (Å²) in [5.41, 5.74) is 6.22. The molecule has 0 amide bonds. The van der Waals surface area contributed by atoms with Gasteiger partial charge in [-0.25, -0.2) is 0 Å². The molecule has 0 spiro atoms. The van der Waals surface area contributed by atoms with E-state index in [0.29, 0.717) is 15.7 Å². The fraction of sp³-hybridized carbons (Fsp3) is 0.174. The van der Waals surface area contributed by atoms with Crippen molar-refractivity contribution in [1.29, 1.82) is 0 Å². The van der Waals surface area contributed by atoms with E-state index in [4.69, 9.17) is 23.2 Å². The molecule has 0 radical (unpaired) electrons. The molecule has 0 aliphatic carbocycles. The van der Waals surface area contributed by atoms with E-state index in [1.165, 1.54) is 29.5 Å². The maximum Gasteiger partial charge on any atom is 0.111 e. The summed E-state index contributed by atoms with van der Waals surface area (Å²) < 4.78 is 0. The summed E-state index contributed by atoms with van der Waals surface area (Å²) in [5.74, 6) is 0. The van der Waals surface area contributed by atoms with Gasteiger partial charge in [-0.15, -0.1) is 0 Å².